The van der Waals surface area contributed by atoms with Crippen molar-refractivity contribution >= 4 is 15.8 Å². The average molecular weight is 356 g/mol. The van der Waals surface area contributed by atoms with Gasteiger partial charge in [0.05, 0.1) is 6.54 Å². The number of nitrogens with zero attached hydrogens (tertiary/aromatic N) is 5. The molecule has 0 atom stereocenters. The van der Waals surface area contributed by atoms with Gasteiger partial charge in [-0.15, -0.1) is 10.2 Å². The lowest BCUT2D eigenvalue weighted by atomic mass is 10.2. The topological polar surface area (TPSA) is 107 Å². The second-order valence-electron chi connectivity index (χ2n) is 5.75. The summed E-state index contributed by atoms with van der Waals surface area (Å²) in [5.41, 5.74) is 0.998. The van der Waals surface area contributed by atoms with E-state index >= 15 is 0 Å². The molecule has 2 aromatic heterocycles. The molecule has 2 N–H and O–H groups in total. The van der Waals surface area contributed by atoms with Crippen LogP contribution in [0.15, 0.2) is 53.6 Å². The zero-order valence-electron chi connectivity index (χ0n) is 13.3. The van der Waals surface area contributed by atoms with Gasteiger partial charge in [-0.1, -0.05) is 30.3 Å². The highest BCUT2D eigenvalue weighted by Gasteiger charge is 2.26. The molecule has 128 valence electrons. The molecule has 4 rings (SSSR count). The van der Waals surface area contributed by atoms with Gasteiger partial charge in [0.25, 0.3) is 0 Å². The van der Waals surface area contributed by atoms with Crippen LogP contribution in [0.3, 0.4) is 0 Å². The maximum atomic E-state index is 11.8. The second kappa shape index (κ2) is 5.94. The molecule has 3 heterocycles. The van der Waals surface area contributed by atoms with Gasteiger partial charge >= 0.3 is 0 Å². The SMILES string of the molecule is NS(=O)(=O)c1cccnc1N1CCn2c(nnc2-c2ccccc2)C1. The molecule has 0 unspecified atom stereocenters. The minimum absolute atomic E-state index is 0.0197. The molecule has 0 amide bonds. The lowest BCUT2D eigenvalue weighted by Gasteiger charge is -2.29. The fourth-order valence-corrected chi connectivity index (χ4v) is 3.69. The summed E-state index contributed by atoms with van der Waals surface area (Å²) in [6.45, 7) is 1.64. The summed E-state index contributed by atoms with van der Waals surface area (Å²) >= 11 is 0. The van der Waals surface area contributed by atoms with E-state index in [4.69, 9.17) is 5.14 Å². The van der Waals surface area contributed by atoms with E-state index in [0.29, 0.717) is 25.5 Å². The summed E-state index contributed by atoms with van der Waals surface area (Å²) in [6, 6.07) is 12.9. The number of aromatic nitrogens is 4. The molecule has 0 aliphatic carbocycles. The third-order valence-corrected chi connectivity index (χ3v) is 5.07. The first-order valence-corrected chi connectivity index (χ1v) is 9.29. The first-order chi connectivity index (χ1) is 12.0. The number of pyridine rings is 1. The molecule has 25 heavy (non-hydrogen) atoms. The minimum Gasteiger partial charge on any atom is -0.346 e. The van der Waals surface area contributed by atoms with E-state index in [-0.39, 0.29) is 4.90 Å². The van der Waals surface area contributed by atoms with Gasteiger partial charge in [-0.05, 0) is 12.1 Å². The summed E-state index contributed by atoms with van der Waals surface area (Å²) in [4.78, 5) is 6.10. The van der Waals surface area contributed by atoms with Crippen LogP contribution in [0.1, 0.15) is 5.82 Å². The van der Waals surface area contributed by atoms with Crippen LogP contribution < -0.4 is 10.0 Å². The van der Waals surface area contributed by atoms with Crippen LogP contribution >= 0.6 is 0 Å². The Balaban J connectivity index is 1.69. The second-order valence-corrected chi connectivity index (χ2v) is 7.28. The largest absolute Gasteiger partial charge is 0.346 e. The predicted molar refractivity (Wildman–Crippen MR) is 92.1 cm³/mol. The molecule has 0 saturated heterocycles. The number of nitrogens with two attached hydrogens (primary N) is 1. The van der Waals surface area contributed by atoms with Crippen molar-refractivity contribution < 1.29 is 8.42 Å². The number of rotatable bonds is 3. The van der Waals surface area contributed by atoms with Crippen LogP contribution in [0.5, 0.6) is 0 Å². The summed E-state index contributed by atoms with van der Waals surface area (Å²) < 4.78 is 25.7. The molecule has 0 saturated carbocycles. The highest BCUT2D eigenvalue weighted by atomic mass is 32.2. The summed E-state index contributed by atoms with van der Waals surface area (Å²) in [6.07, 6.45) is 1.55. The quantitative estimate of drug-likeness (QED) is 0.750. The Morgan fingerprint density at radius 1 is 1.00 bits per heavy atom. The van der Waals surface area contributed by atoms with Gasteiger partial charge in [0, 0.05) is 24.8 Å². The van der Waals surface area contributed by atoms with E-state index in [0.717, 1.165) is 17.2 Å². The smallest absolute Gasteiger partial charge is 0.241 e. The van der Waals surface area contributed by atoms with Crippen LogP contribution in [0.2, 0.25) is 0 Å². The highest BCUT2D eigenvalue weighted by Crippen LogP contribution is 2.27. The van der Waals surface area contributed by atoms with Crippen LogP contribution in [0.25, 0.3) is 11.4 Å². The number of hydrogen-bond acceptors (Lipinski definition) is 6. The Labute approximate surface area is 145 Å². The van der Waals surface area contributed by atoms with E-state index in [1.807, 2.05) is 39.8 Å². The molecule has 0 bridgehead atoms. The van der Waals surface area contributed by atoms with E-state index in [2.05, 4.69) is 15.2 Å². The van der Waals surface area contributed by atoms with Crippen molar-refractivity contribution in [1.82, 2.24) is 19.7 Å². The van der Waals surface area contributed by atoms with Gasteiger partial charge in [-0.25, -0.2) is 18.5 Å². The Morgan fingerprint density at radius 2 is 1.80 bits per heavy atom. The van der Waals surface area contributed by atoms with Crippen molar-refractivity contribution in [3.8, 4) is 11.4 Å². The van der Waals surface area contributed by atoms with Crippen molar-refractivity contribution in [3.05, 3.63) is 54.5 Å². The predicted octanol–water partition coefficient (Wildman–Crippen LogP) is 1.01. The Bertz CT molecular complexity index is 1020. The fourth-order valence-electron chi connectivity index (χ4n) is 2.98. The number of anilines is 1. The molecule has 0 radical (unpaired) electrons. The molecule has 0 spiro atoms. The number of benzene rings is 1. The third kappa shape index (κ3) is 2.87. The first-order valence-electron chi connectivity index (χ1n) is 7.74. The Hall–Kier alpha value is -2.78. The normalized spacial score (nSPS) is 14.4. The van der Waals surface area contributed by atoms with Crippen LogP contribution in [0, 0.1) is 0 Å². The first kappa shape index (κ1) is 15.7. The zero-order chi connectivity index (χ0) is 17.4. The molecular formula is C16H16N6O2S. The average Bonchev–Trinajstić information content (AvgIpc) is 3.05. The van der Waals surface area contributed by atoms with Gasteiger partial charge in [0.1, 0.15) is 10.7 Å². The standard InChI is InChI=1S/C16H16N6O2S/c17-25(23,24)13-7-4-8-18-16(13)21-9-10-22-14(11-21)19-20-15(22)12-5-2-1-3-6-12/h1-8H,9-11H2,(H2,17,23,24). The van der Waals surface area contributed by atoms with Crippen molar-refractivity contribution in [1.29, 1.82) is 0 Å². The summed E-state index contributed by atoms with van der Waals surface area (Å²) in [5.74, 6) is 1.92. The summed E-state index contributed by atoms with van der Waals surface area (Å²) in [5, 5.41) is 13.9. The van der Waals surface area contributed by atoms with E-state index in [9.17, 15) is 8.42 Å². The number of primary sulfonamides is 1. The minimum atomic E-state index is -3.84. The number of sulfonamides is 1. The van der Waals surface area contributed by atoms with Crippen LogP contribution in [-0.4, -0.2) is 34.7 Å². The van der Waals surface area contributed by atoms with Gasteiger partial charge in [0.2, 0.25) is 10.0 Å². The van der Waals surface area contributed by atoms with Crippen LogP contribution in [-0.2, 0) is 23.1 Å². The van der Waals surface area contributed by atoms with E-state index < -0.39 is 10.0 Å². The van der Waals surface area contributed by atoms with Crippen molar-refractivity contribution in [2.75, 3.05) is 11.4 Å². The van der Waals surface area contributed by atoms with Crippen LogP contribution in [0.4, 0.5) is 5.82 Å². The molecular weight excluding hydrogens is 340 g/mol. The maximum Gasteiger partial charge on any atom is 0.241 e. The van der Waals surface area contributed by atoms with Crippen molar-refractivity contribution in [3.63, 3.8) is 0 Å². The van der Waals surface area contributed by atoms with Gasteiger partial charge in [0.15, 0.2) is 11.6 Å². The van der Waals surface area contributed by atoms with Gasteiger partial charge < -0.3 is 9.47 Å². The zero-order valence-corrected chi connectivity index (χ0v) is 14.1. The van der Waals surface area contributed by atoms with E-state index in [1.54, 1.807) is 12.3 Å². The molecule has 0 fully saturated rings. The molecule has 1 aliphatic heterocycles. The van der Waals surface area contributed by atoms with Gasteiger partial charge in [-0.2, -0.15) is 0 Å². The van der Waals surface area contributed by atoms with E-state index in [1.165, 1.54) is 6.07 Å². The lowest BCUT2D eigenvalue weighted by Crippen LogP contribution is -2.35. The molecule has 1 aliphatic rings. The molecule has 8 nitrogen and oxygen atoms in total. The fraction of sp³-hybridized carbons (Fsp3) is 0.188. The Kier molecular flexibility index (Phi) is 3.74. The number of hydrogen-bond donors (Lipinski definition) is 1. The number of fused-ring (bicyclic) bond motifs is 1. The monoisotopic (exact) mass is 356 g/mol. The van der Waals surface area contributed by atoms with Gasteiger partial charge in [-0.3, -0.25) is 0 Å². The van der Waals surface area contributed by atoms with Crippen molar-refractivity contribution in [2.45, 2.75) is 18.0 Å². The van der Waals surface area contributed by atoms with Crippen molar-refractivity contribution in [2.24, 2.45) is 5.14 Å². The molecule has 1 aromatic carbocycles. The highest BCUT2D eigenvalue weighted by molar-refractivity contribution is 7.89. The summed E-state index contributed by atoms with van der Waals surface area (Å²) in [7, 11) is -3.84. The third-order valence-electron chi connectivity index (χ3n) is 4.14. The Morgan fingerprint density at radius 3 is 2.56 bits per heavy atom. The maximum absolute atomic E-state index is 11.8. The molecule has 9 heteroatoms. The lowest BCUT2D eigenvalue weighted by molar-refractivity contribution is 0.554. The molecule has 3 aromatic rings.